The van der Waals surface area contributed by atoms with E-state index in [1.54, 1.807) is 7.05 Å². The van der Waals surface area contributed by atoms with Gasteiger partial charge in [0.25, 0.3) is 5.91 Å². The van der Waals surface area contributed by atoms with Crippen molar-refractivity contribution in [3.05, 3.63) is 30.3 Å². The molecular weight excluding hydrogens is 295 g/mol. The van der Waals surface area contributed by atoms with Gasteiger partial charge in [-0.05, 0) is 12.1 Å². The van der Waals surface area contributed by atoms with Crippen LogP contribution in [-0.4, -0.2) is 34.7 Å². The van der Waals surface area contributed by atoms with Gasteiger partial charge in [0.1, 0.15) is 0 Å². The zero-order chi connectivity index (χ0) is 13.3. The van der Waals surface area contributed by atoms with Crippen LogP contribution in [0.1, 0.15) is 0 Å². The van der Waals surface area contributed by atoms with Crippen molar-refractivity contribution < 1.29 is 4.79 Å². The zero-order valence-electron chi connectivity index (χ0n) is 9.81. The SMILES string of the molecule is CN1C(=O)C(Cl)(Cl)C(CCl)CN1c1ccccc1. The van der Waals surface area contributed by atoms with Crippen LogP contribution in [0, 0.1) is 5.92 Å². The Bertz CT molecular complexity index is 438. The maximum atomic E-state index is 12.2. The number of anilines is 1. The summed E-state index contributed by atoms with van der Waals surface area (Å²) < 4.78 is -1.46. The lowest BCUT2D eigenvalue weighted by Gasteiger charge is -2.45. The van der Waals surface area contributed by atoms with Gasteiger partial charge < -0.3 is 0 Å². The Hall–Kier alpha value is -0.640. The van der Waals surface area contributed by atoms with Crippen LogP contribution in [0.25, 0.3) is 0 Å². The zero-order valence-corrected chi connectivity index (χ0v) is 12.1. The molecule has 1 amide bonds. The summed E-state index contributed by atoms with van der Waals surface area (Å²) in [4.78, 5) is 12.2. The van der Waals surface area contributed by atoms with Crippen molar-refractivity contribution in [2.75, 3.05) is 24.5 Å². The molecule has 0 bridgehead atoms. The van der Waals surface area contributed by atoms with E-state index in [1.807, 2.05) is 35.3 Å². The lowest BCUT2D eigenvalue weighted by Crippen LogP contribution is -2.61. The van der Waals surface area contributed by atoms with Gasteiger partial charge in [0.15, 0.2) is 0 Å². The second kappa shape index (κ2) is 5.16. The lowest BCUT2D eigenvalue weighted by molar-refractivity contribution is -0.134. The van der Waals surface area contributed by atoms with Gasteiger partial charge >= 0.3 is 0 Å². The van der Waals surface area contributed by atoms with E-state index < -0.39 is 4.33 Å². The molecule has 1 atom stereocenters. The number of rotatable bonds is 2. The van der Waals surface area contributed by atoms with Crippen molar-refractivity contribution >= 4 is 46.4 Å². The molecule has 1 aromatic carbocycles. The summed E-state index contributed by atoms with van der Waals surface area (Å²) in [6.45, 7) is 0.503. The summed E-state index contributed by atoms with van der Waals surface area (Å²) >= 11 is 18.1. The van der Waals surface area contributed by atoms with Gasteiger partial charge in [-0.25, -0.2) is 0 Å². The summed E-state index contributed by atoms with van der Waals surface area (Å²) in [7, 11) is 1.65. The fourth-order valence-corrected chi connectivity index (χ4v) is 2.99. The van der Waals surface area contributed by atoms with Crippen LogP contribution in [0.3, 0.4) is 0 Å². The van der Waals surface area contributed by atoms with Gasteiger partial charge in [-0.15, -0.1) is 11.6 Å². The number of benzene rings is 1. The van der Waals surface area contributed by atoms with Gasteiger partial charge in [-0.1, -0.05) is 41.4 Å². The van der Waals surface area contributed by atoms with E-state index in [9.17, 15) is 4.79 Å². The normalized spacial score (nSPS) is 23.3. The Morgan fingerprint density at radius 1 is 1.33 bits per heavy atom. The second-order valence-corrected chi connectivity index (χ2v) is 5.92. The highest BCUT2D eigenvalue weighted by atomic mass is 35.5. The van der Waals surface area contributed by atoms with E-state index in [1.165, 1.54) is 5.01 Å². The molecule has 0 N–H and O–H groups in total. The molecule has 0 saturated carbocycles. The molecule has 3 nitrogen and oxygen atoms in total. The molecule has 1 heterocycles. The number of carbonyl (C=O) groups is 1. The van der Waals surface area contributed by atoms with Gasteiger partial charge in [0, 0.05) is 25.4 Å². The highest BCUT2D eigenvalue weighted by molar-refractivity contribution is 6.58. The minimum absolute atomic E-state index is 0.232. The fraction of sp³-hybridized carbons (Fsp3) is 0.417. The van der Waals surface area contributed by atoms with Gasteiger partial charge in [-0.3, -0.25) is 14.8 Å². The molecule has 18 heavy (non-hydrogen) atoms. The lowest BCUT2D eigenvalue weighted by atomic mass is 10.0. The van der Waals surface area contributed by atoms with Crippen molar-refractivity contribution in [3.8, 4) is 0 Å². The van der Waals surface area contributed by atoms with Gasteiger partial charge in [0.2, 0.25) is 4.33 Å². The Labute approximate surface area is 121 Å². The molecule has 6 heteroatoms. The third-order valence-electron chi connectivity index (χ3n) is 3.09. The van der Waals surface area contributed by atoms with E-state index in [0.29, 0.717) is 6.54 Å². The molecule has 1 unspecified atom stereocenters. The molecule has 0 aromatic heterocycles. The number of hydrogen-bond acceptors (Lipinski definition) is 2. The first-order chi connectivity index (χ1) is 8.48. The summed E-state index contributed by atoms with van der Waals surface area (Å²) in [6, 6.07) is 9.58. The summed E-state index contributed by atoms with van der Waals surface area (Å²) in [5.41, 5.74) is 0.910. The predicted octanol–water partition coefficient (Wildman–Crippen LogP) is 2.91. The smallest absolute Gasteiger partial charge is 0.277 e. The molecule has 1 aliphatic heterocycles. The molecule has 1 aromatic rings. The largest absolute Gasteiger partial charge is 0.283 e. The van der Waals surface area contributed by atoms with Crippen LogP contribution < -0.4 is 5.01 Å². The predicted molar refractivity (Wildman–Crippen MR) is 75.2 cm³/mol. The molecule has 2 rings (SSSR count). The maximum absolute atomic E-state index is 12.2. The minimum Gasteiger partial charge on any atom is -0.283 e. The third-order valence-corrected chi connectivity index (χ3v) is 4.40. The highest BCUT2D eigenvalue weighted by Gasteiger charge is 2.49. The first-order valence-electron chi connectivity index (χ1n) is 5.53. The first kappa shape index (κ1) is 13.8. The summed E-state index contributed by atoms with van der Waals surface area (Å²) in [5, 5.41) is 3.27. The number of hydrazine groups is 1. The summed E-state index contributed by atoms with van der Waals surface area (Å²) in [6.07, 6.45) is 0. The highest BCUT2D eigenvalue weighted by Crippen LogP contribution is 2.39. The fourth-order valence-electron chi connectivity index (χ4n) is 1.97. The molecule has 1 aliphatic rings. The Morgan fingerprint density at radius 3 is 2.50 bits per heavy atom. The second-order valence-electron chi connectivity index (χ2n) is 4.22. The maximum Gasteiger partial charge on any atom is 0.277 e. The van der Waals surface area contributed by atoms with Crippen LogP contribution in [0.5, 0.6) is 0 Å². The van der Waals surface area contributed by atoms with Crippen LogP contribution >= 0.6 is 34.8 Å². The molecule has 1 saturated heterocycles. The molecular formula is C12H13Cl3N2O. The van der Waals surface area contributed by atoms with Crippen molar-refractivity contribution in [2.45, 2.75) is 4.33 Å². The topological polar surface area (TPSA) is 23.6 Å². The van der Waals surface area contributed by atoms with E-state index in [4.69, 9.17) is 34.8 Å². The monoisotopic (exact) mass is 306 g/mol. The van der Waals surface area contributed by atoms with Crippen LogP contribution in [0.15, 0.2) is 30.3 Å². The Balaban J connectivity index is 2.32. The van der Waals surface area contributed by atoms with Crippen LogP contribution in [0.4, 0.5) is 5.69 Å². The Kier molecular flexibility index (Phi) is 3.95. The number of carbonyl (C=O) groups excluding carboxylic acids is 1. The summed E-state index contributed by atoms with van der Waals surface area (Å²) in [5.74, 6) is -0.436. The van der Waals surface area contributed by atoms with Crippen molar-refractivity contribution in [1.82, 2.24) is 5.01 Å². The van der Waals surface area contributed by atoms with E-state index in [-0.39, 0.29) is 17.7 Å². The third kappa shape index (κ3) is 2.27. The molecule has 1 fully saturated rings. The average molecular weight is 308 g/mol. The number of para-hydroxylation sites is 1. The average Bonchev–Trinajstić information content (AvgIpc) is 2.38. The quantitative estimate of drug-likeness (QED) is 0.784. The molecule has 0 radical (unpaired) electrons. The van der Waals surface area contributed by atoms with Crippen molar-refractivity contribution in [3.63, 3.8) is 0 Å². The number of amides is 1. The number of alkyl halides is 3. The number of hydrogen-bond donors (Lipinski definition) is 0. The van der Waals surface area contributed by atoms with Crippen molar-refractivity contribution in [2.24, 2.45) is 5.92 Å². The van der Waals surface area contributed by atoms with Crippen molar-refractivity contribution in [1.29, 1.82) is 0 Å². The van der Waals surface area contributed by atoms with E-state index >= 15 is 0 Å². The molecule has 0 aliphatic carbocycles. The minimum atomic E-state index is -1.46. The standard InChI is InChI=1S/C12H13Cl3N2O/c1-16-11(18)12(14,15)9(7-13)8-17(16)10-5-3-2-4-6-10/h2-6,9H,7-8H2,1H3. The van der Waals surface area contributed by atoms with Gasteiger partial charge in [-0.2, -0.15) is 0 Å². The molecule has 0 spiro atoms. The van der Waals surface area contributed by atoms with E-state index in [0.717, 1.165) is 5.69 Å². The van der Waals surface area contributed by atoms with Gasteiger partial charge in [0.05, 0.1) is 5.69 Å². The number of nitrogens with zero attached hydrogens (tertiary/aromatic N) is 2. The van der Waals surface area contributed by atoms with Crippen LogP contribution in [0.2, 0.25) is 0 Å². The van der Waals surface area contributed by atoms with E-state index in [2.05, 4.69) is 0 Å². The molecule has 98 valence electrons. The number of halogens is 3. The van der Waals surface area contributed by atoms with Crippen LogP contribution in [-0.2, 0) is 4.79 Å². The first-order valence-corrected chi connectivity index (χ1v) is 6.82. The Morgan fingerprint density at radius 2 is 1.94 bits per heavy atom.